The first kappa shape index (κ1) is 15.3. The van der Waals surface area contributed by atoms with Crippen LogP contribution in [0.1, 0.15) is 56.2 Å². The summed E-state index contributed by atoms with van der Waals surface area (Å²) in [6, 6.07) is 3.23. The monoisotopic (exact) mass is 264 g/mol. The SMILES string of the molecule is CC(C)c1ccc(F)c(C(C)C)c1CC(=O)/N=C/N. The van der Waals surface area contributed by atoms with Crippen molar-refractivity contribution in [3.05, 3.63) is 34.6 Å². The zero-order valence-corrected chi connectivity index (χ0v) is 11.9. The Morgan fingerprint density at radius 2 is 1.95 bits per heavy atom. The van der Waals surface area contributed by atoms with Gasteiger partial charge in [0.1, 0.15) is 5.82 Å². The molecule has 0 atom stereocenters. The molecule has 2 N–H and O–H groups in total. The molecule has 0 radical (unpaired) electrons. The van der Waals surface area contributed by atoms with Gasteiger partial charge < -0.3 is 5.73 Å². The van der Waals surface area contributed by atoms with Gasteiger partial charge in [-0.15, -0.1) is 0 Å². The van der Waals surface area contributed by atoms with Crippen molar-refractivity contribution in [1.29, 1.82) is 0 Å². The van der Waals surface area contributed by atoms with Crippen LogP contribution in [0.2, 0.25) is 0 Å². The summed E-state index contributed by atoms with van der Waals surface area (Å²) >= 11 is 0. The van der Waals surface area contributed by atoms with Gasteiger partial charge in [0, 0.05) is 0 Å². The van der Waals surface area contributed by atoms with Crippen LogP contribution in [0.15, 0.2) is 17.1 Å². The summed E-state index contributed by atoms with van der Waals surface area (Å²) in [6.07, 6.45) is 1.07. The van der Waals surface area contributed by atoms with Gasteiger partial charge in [0.2, 0.25) is 0 Å². The number of benzene rings is 1. The van der Waals surface area contributed by atoms with Gasteiger partial charge in [-0.3, -0.25) is 4.79 Å². The Balaban J connectivity index is 3.37. The van der Waals surface area contributed by atoms with Crippen molar-refractivity contribution in [3.8, 4) is 0 Å². The van der Waals surface area contributed by atoms with E-state index in [2.05, 4.69) is 4.99 Å². The lowest BCUT2D eigenvalue weighted by atomic mass is 9.86. The molecule has 0 aromatic heterocycles. The van der Waals surface area contributed by atoms with E-state index in [1.807, 2.05) is 27.7 Å². The molecule has 3 nitrogen and oxygen atoms in total. The number of halogens is 1. The number of amides is 1. The fourth-order valence-electron chi connectivity index (χ4n) is 2.30. The highest BCUT2D eigenvalue weighted by Gasteiger charge is 2.19. The minimum Gasteiger partial charge on any atom is -0.390 e. The third-order valence-electron chi connectivity index (χ3n) is 3.09. The molecule has 104 valence electrons. The molecule has 4 heteroatoms. The van der Waals surface area contributed by atoms with Crippen LogP contribution in [0.25, 0.3) is 0 Å². The second-order valence-electron chi connectivity index (χ2n) is 5.19. The lowest BCUT2D eigenvalue weighted by molar-refractivity contribution is -0.117. The number of hydrogen-bond donors (Lipinski definition) is 1. The summed E-state index contributed by atoms with van der Waals surface area (Å²) in [6.45, 7) is 7.89. The van der Waals surface area contributed by atoms with Crippen molar-refractivity contribution >= 4 is 12.2 Å². The highest BCUT2D eigenvalue weighted by Crippen LogP contribution is 2.30. The highest BCUT2D eigenvalue weighted by atomic mass is 19.1. The maximum atomic E-state index is 14.0. The zero-order chi connectivity index (χ0) is 14.6. The van der Waals surface area contributed by atoms with Crippen molar-refractivity contribution in [1.82, 2.24) is 0 Å². The Labute approximate surface area is 113 Å². The quantitative estimate of drug-likeness (QED) is 0.671. The minimum absolute atomic E-state index is 0.0170. The Hall–Kier alpha value is -1.71. The number of carbonyl (C=O) groups is 1. The molecule has 0 fully saturated rings. The lowest BCUT2D eigenvalue weighted by Crippen LogP contribution is -2.11. The molecule has 0 aliphatic rings. The van der Waals surface area contributed by atoms with Gasteiger partial charge in [0.15, 0.2) is 0 Å². The Morgan fingerprint density at radius 1 is 1.32 bits per heavy atom. The van der Waals surface area contributed by atoms with Gasteiger partial charge in [-0.1, -0.05) is 33.8 Å². The Kier molecular flexibility index (Phi) is 5.21. The Morgan fingerprint density at radius 3 is 2.42 bits per heavy atom. The van der Waals surface area contributed by atoms with E-state index >= 15 is 0 Å². The second kappa shape index (κ2) is 6.45. The summed E-state index contributed by atoms with van der Waals surface area (Å²) in [5, 5.41) is 0. The molecule has 0 aliphatic heterocycles. The molecule has 1 aromatic rings. The molecule has 1 aromatic carbocycles. The van der Waals surface area contributed by atoms with Crippen LogP contribution in [0, 0.1) is 5.82 Å². The number of rotatable bonds is 4. The van der Waals surface area contributed by atoms with Crippen LogP contribution in [0.5, 0.6) is 0 Å². The molecule has 0 saturated heterocycles. The topological polar surface area (TPSA) is 55.5 Å². The first-order valence-corrected chi connectivity index (χ1v) is 6.46. The molecule has 1 amide bonds. The molecule has 0 heterocycles. The minimum atomic E-state index is -0.350. The highest BCUT2D eigenvalue weighted by molar-refractivity contribution is 5.86. The van der Waals surface area contributed by atoms with Crippen molar-refractivity contribution < 1.29 is 9.18 Å². The smallest absolute Gasteiger partial charge is 0.251 e. The average Bonchev–Trinajstić information content (AvgIpc) is 2.28. The molecule has 0 spiro atoms. The predicted octanol–water partition coefficient (Wildman–Crippen LogP) is 3.13. The van der Waals surface area contributed by atoms with E-state index in [0.717, 1.165) is 17.5 Å². The molecule has 0 bridgehead atoms. The molecule has 1 rings (SSSR count). The lowest BCUT2D eigenvalue weighted by Gasteiger charge is -2.19. The molecule has 0 aliphatic carbocycles. The maximum Gasteiger partial charge on any atom is 0.251 e. The molecular formula is C15H21FN2O. The van der Waals surface area contributed by atoms with Crippen LogP contribution in [0.3, 0.4) is 0 Å². The molecule has 0 saturated carbocycles. The number of hydrogen-bond acceptors (Lipinski definition) is 1. The third-order valence-corrected chi connectivity index (χ3v) is 3.09. The number of nitrogens with zero attached hydrogens (tertiary/aromatic N) is 1. The molecular weight excluding hydrogens is 243 g/mol. The zero-order valence-electron chi connectivity index (χ0n) is 11.9. The molecule has 19 heavy (non-hydrogen) atoms. The number of carbonyl (C=O) groups excluding carboxylic acids is 1. The third kappa shape index (κ3) is 3.63. The van der Waals surface area contributed by atoms with Crippen molar-refractivity contribution in [2.45, 2.75) is 46.0 Å². The van der Waals surface area contributed by atoms with Crippen molar-refractivity contribution in [2.75, 3.05) is 0 Å². The van der Waals surface area contributed by atoms with E-state index in [-0.39, 0.29) is 30.0 Å². The van der Waals surface area contributed by atoms with Crippen LogP contribution >= 0.6 is 0 Å². The Bertz CT molecular complexity index is 493. The van der Waals surface area contributed by atoms with Gasteiger partial charge in [0.05, 0.1) is 12.8 Å². The maximum absolute atomic E-state index is 14.0. The summed E-state index contributed by atoms with van der Waals surface area (Å²) in [4.78, 5) is 15.2. The fraction of sp³-hybridized carbons (Fsp3) is 0.467. The van der Waals surface area contributed by atoms with Gasteiger partial charge in [-0.05, 0) is 34.6 Å². The van der Waals surface area contributed by atoms with Crippen LogP contribution in [0.4, 0.5) is 4.39 Å². The van der Waals surface area contributed by atoms with Gasteiger partial charge >= 0.3 is 0 Å². The van der Waals surface area contributed by atoms with Gasteiger partial charge in [-0.2, -0.15) is 0 Å². The number of aliphatic imine (C=N–C) groups is 1. The van der Waals surface area contributed by atoms with Gasteiger partial charge in [0.25, 0.3) is 5.91 Å². The van der Waals surface area contributed by atoms with Crippen LogP contribution < -0.4 is 5.73 Å². The van der Waals surface area contributed by atoms with E-state index < -0.39 is 0 Å². The second-order valence-corrected chi connectivity index (χ2v) is 5.19. The van der Waals surface area contributed by atoms with Crippen LogP contribution in [-0.4, -0.2) is 12.2 Å². The average molecular weight is 264 g/mol. The summed E-state index contributed by atoms with van der Waals surface area (Å²) in [5.74, 6) is -0.373. The summed E-state index contributed by atoms with van der Waals surface area (Å²) in [5.41, 5.74) is 7.47. The predicted molar refractivity (Wildman–Crippen MR) is 76.0 cm³/mol. The van der Waals surface area contributed by atoms with Crippen molar-refractivity contribution in [3.63, 3.8) is 0 Å². The first-order valence-electron chi connectivity index (χ1n) is 6.46. The summed E-state index contributed by atoms with van der Waals surface area (Å²) in [7, 11) is 0. The summed E-state index contributed by atoms with van der Waals surface area (Å²) < 4.78 is 14.0. The van der Waals surface area contributed by atoms with Gasteiger partial charge in [-0.25, -0.2) is 9.38 Å². The largest absolute Gasteiger partial charge is 0.390 e. The van der Waals surface area contributed by atoms with E-state index in [9.17, 15) is 9.18 Å². The van der Waals surface area contributed by atoms with Crippen molar-refractivity contribution in [2.24, 2.45) is 10.7 Å². The van der Waals surface area contributed by atoms with E-state index in [1.165, 1.54) is 6.07 Å². The standard InChI is InChI=1S/C15H21FN2O/c1-9(2)11-5-6-13(16)15(10(3)4)12(11)7-14(19)18-8-17/h5-6,8-10H,7H2,1-4H3,(H2,17,18,19). The van der Waals surface area contributed by atoms with E-state index in [1.54, 1.807) is 6.07 Å². The normalized spacial score (nSPS) is 11.7. The van der Waals surface area contributed by atoms with E-state index in [0.29, 0.717) is 5.56 Å². The number of nitrogens with two attached hydrogens (primary N) is 1. The van der Waals surface area contributed by atoms with E-state index in [4.69, 9.17) is 5.73 Å². The fourth-order valence-corrected chi connectivity index (χ4v) is 2.30. The molecule has 0 unspecified atom stereocenters. The first-order chi connectivity index (χ1) is 8.88. The van der Waals surface area contributed by atoms with Crippen LogP contribution in [-0.2, 0) is 11.2 Å².